The number of carbonyl (C=O) groups excluding carboxylic acids is 1. The topological polar surface area (TPSA) is 23.6 Å². The molecule has 0 atom stereocenters. The molecule has 0 bridgehead atoms. The number of halogens is 2. The summed E-state index contributed by atoms with van der Waals surface area (Å²) in [6.45, 7) is 2.83. The van der Waals surface area contributed by atoms with Gasteiger partial charge in [-0.25, -0.2) is 4.39 Å². The van der Waals surface area contributed by atoms with Gasteiger partial charge in [-0.3, -0.25) is 4.79 Å². The molecule has 2 aromatic carbocycles. The minimum Gasteiger partial charge on any atom is -0.368 e. The van der Waals surface area contributed by atoms with Crippen LogP contribution in [0, 0.1) is 5.82 Å². The number of benzene rings is 2. The standard InChI is InChI=1S/C19H18BrFN2O/c20-18-4-2-1-3-15(18)5-10-19(24)23-13-11-22(12-14-23)17-8-6-16(21)7-9-17/h1-10H,11-14H2/b10-5+. The highest BCUT2D eigenvalue weighted by Crippen LogP contribution is 2.19. The van der Waals surface area contributed by atoms with Crippen molar-refractivity contribution in [1.82, 2.24) is 4.90 Å². The van der Waals surface area contributed by atoms with E-state index in [4.69, 9.17) is 0 Å². The largest absolute Gasteiger partial charge is 0.368 e. The van der Waals surface area contributed by atoms with Gasteiger partial charge in [-0.2, -0.15) is 0 Å². The fourth-order valence-corrected chi connectivity index (χ4v) is 3.13. The van der Waals surface area contributed by atoms with Gasteiger partial charge in [0.2, 0.25) is 5.91 Å². The summed E-state index contributed by atoms with van der Waals surface area (Å²) in [7, 11) is 0. The number of hydrogen-bond donors (Lipinski definition) is 0. The normalized spacial score (nSPS) is 15.1. The SMILES string of the molecule is O=C(/C=C/c1ccccc1Br)N1CCN(c2ccc(F)cc2)CC1. The maximum Gasteiger partial charge on any atom is 0.246 e. The molecule has 0 aliphatic carbocycles. The molecule has 24 heavy (non-hydrogen) atoms. The van der Waals surface area contributed by atoms with E-state index in [1.807, 2.05) is 35.2 Å². The molecule has 0 unspecified atom stereocenters. The van der Waals surface area contributed by atoms with Crippen molar-refractivity contribution in [3.63, 3.8) is 0 Å². The predicted molar refractivity (Wildman–Crippen MR) is 98.4 cm³/mol. The first kappa shape index (κ1) is 16.7. The first-order valence-corrected chi connectivity index (χ1v) is 8.65. The minimum absolute atomic E-state index is 0.0181. The van der Waals surface area contributed by atoms with E-state index in [1.54, 1.807) is 18.2 Å². The van der Waals surface area contributed by atoms with Gasteiger partial charge in [-0.1, -0.05) is 34.1 Å². The zero-order valence-corrected chi connectivity index (χ0v) is 14.7. The number of carbonyl (C=O) groups is 1. The lowest BCUT2D eigenvalue weighted by Crippen LogP contribution is -2.48. The molecule has 0 spiro atoms. The van der Waals surface area contributed by atoms with Gasteiger partial charge in [0.05, 0.1) is 0 Å². The Morgan fingerprint density at radius 2 is 1.67 bits per heavy atom. The summed E-state index contributed by atoms with van der Waals surface area (Å²) in [4.78, 5) is 16.3. The van der Waals surface area contributed by atoms with Crippen molar-refractivity contribution >= 4 is 33.6 Å². The van der Waals surface area contributed by atoms with Crippen molar-refractivity contribution in [1.29, 1.82) is 0 Å². The second-order valence-corrected chi connectivity index (χ2v) is 6.50. The molecule has 124 valence electrons. The molecule has 1 amide bonds. The van der Waals surface area contributed by atoms with Crippen LogP contribution >= 0.6 is 15.9 Å². The first-order chi connectivity index (χ1) is 11.6. The zero-order valence-electron chi connectivity index (χ0n) is 13.2. The van der Waals surface area contributed by atoms with Crippen LogP contribution in [0.2, 0.25) is 0 Å². The van der Waals surface area contributed by atoms with E-state index in [2.05, 4.69) is 20.8 Å². The van der Waals surface area contributed by atoms with Crippen molar-refractivity contribution in [2.75, 3.05) is 31.1 Å². The van der Waals surface area contributed by atoms with E-state index in [-0.39, 0.29) is 11.7 Å². The van der Waals surface area contributed by atoms with Gasteiger partial charge in [0, 0.05) is 42.4 Å². The van der Waals surface area contributed by atoms with Gasteiger partial charge in [-0.05, 0) is 42.0 Å². The summed E-state index contributed by atoms with van der Waals surface area (Å²) in [5, 5.41) is 0. The molecule has 3 rings (SSSR count). The Morgan fingerprint density at radius 1 is 1.00 bits per heavy atom. The highest BCUT2D eigenvalue weighted by Gasteiger charge is 2.19. The van der Waals surface area contributed by atoms with Crippen molar-refractivity contribution in [3.05, 3.63) is 70.5 Å². The zero-order chi connectivity index (χ0) is 16.9. The summed E-state index contributed by atoms with van der Waals surface area (Å²) in [6, 6.07) is 14.3. The number of nitrogens with zero attached hydrogens (tertiary/aromatic N) is 2. The molecule has 1 aliphatic heterocycles. The van der Waals surface area contributed by atoms with Crippen LogP contribution in [0.4, 0.5) is 10.1 Å². The number of hydrogen-bond acceptors (Lipinski definition) is 2. The molecular formula is C19H18BrFN2O. The molecular weight excluding hydrogens is 371 g/mol. The number of piperazine rings is 1. The highest BCUT2D eigenvalue weighted by atomic mass is 79.9. The molecule has 1 heterocycles. The molecule has 0 saturated carbocycles. The van der Waals surface area contributed by atoms with Crippen LogP contribution < -0.4 is 4.90 Å². The Balaban J connectivity index is 1.57. The Morgan fingerprint density at radius 3 is 2.33 bits per heavy atom. The average molecular weight is 389 g/mol. The van der Waals surface area contributed by atoms with E-state index in [0.29, 0.717) is 13.1 Å². The maximum atomic E-state index is 13.0. The number of anilines is 1. The van der Waals surface area contributed by atoms with Gasteiger partial charge in [0.1, 0.15) is 5.82 Å². The van der Waals surface area contributed by atoms with Crippen molar-refractivity contribution in [2.45, 2.75) is 0 Å². The lowest BCUT2D eigenvalue weighted by atomic mass is 10.2. The maximum absolute atomic E-state index is 13.0. The summed E-state index contributed by atoms with van der Waals surface area (Å²) in [5.74, 6) is -0.214. The van der Waals surface area contributed by atoms with E-state index in [9.17, 15) is 9.18 Å². The Hall–Kier alpha value is -2.14. The van der Waals surface area contributed by atoms with Crippen LogP contribution in [0.3, 0.4) is 0 Å². The predicted octanol–water partition coefficient (Wildman–Crippen LogP) is 3.95. The van der Waals surface area contributed by atoms with E-state index in [1.165, 1.54) is 12.1 Å². The number of amides is 1. The molecule has 2 aromatic rings. The summed E-state index contributed by atoms with van der Waals surface area (Å²) < 4.78 is 14.0. The highest BCUT2D eigenvalue weighted by molar-refractivity contribution is 9.10. The molecule has 0 N–H and O–H groups in total. The average Bonchev–Trinajstić information content (AvgIpc) is 2.62. The molecule has 1 aliphatic rings. The van der Waals surface area contributed by atoms with E-state index >= 15 is 0 Å². The van der Waals surface area contributed by atoms with Gasteiger partial charge in [0.15, 0.2) is 0 Å². The Bertz CT molecular complexity index is 737. The molecule has 0 radical (unpaired) electrons. The minimum atomic E-state index is -0.232. The fourth-order valence-electron chi connectivity index (χ4n) is 2.71. The van der Waals surface area contributed by atoms with E-state index < -0.39 is 0 Å². The third-order valence-electron chi connectivity index (χ3n) is 4.09. The summed E-state index contributed by atoms with van der Waals surface area (Å²) >= 11 is 3.47. The van der Waals surface area contributed by atoms with Gasteiger partial charge < -0.3 is 9.80 Å². The van der Waals surface area contributed by atoms with Crippen LogP contribution in [0.15, 0.2) is 59.1 Å². The van der Waals surface area contributed by atoms with Crippen LogP contribution in [0.1, 0.15) is 5.56 Å². The smallest absolute Gasteiger partial charge is 0.246 e. The third kappa shape index (κ3) is 4.03. The van der Waals surface area contributed by atoms with Crippen molar-refractivity contribution < 1.29 is 9.18 Å². The van der Waals surface area contributed by atoms with E-state index in [0.717, 1.165) is 28.8 Å². The molecule has 1 fully saturated rings. The van der Waals surface area contributed by atoms with Crippen LogP contribution in [-0.2, 0) is 4.79 Å². The Labute approximate surface area is 149 Å². The van der Waals surface area contributed by atoms with Gasteiger partial charge in [-0.15, -0.1) is 0 Å². The summed E-state index contributed by atoms with van der Waals surface area (Å²) in [6.07, 6.45) is 3.45. The molecule has 1 saturated heterocycles. The monoisotopic (exact) mass is 388 g/mol. The lowest BCUT2D eigenvalue weighted by molar-refractivity contribution is -0.126. The van der Waals surface area contributed by atoms with Crippen molar-refractivity contribution in [3.8, 4) is 0 Å². The van der Waals surface area contributed by atoms with Gasteiger partial charge in [0.25, 0.3) is 0 Å². The van der Waals surface area contributed by atoms with Gasteiger partial charge >= 0.3 is 0 Å². The quantitative estimate of drug-likeness (QED) is 0.743. The van der Waals surface area contributed by atoms with Crippen LogP contribution in [0.5, 0.6) is 0 Å². The first-order valence-electron chi connectivity index (χ1n) is 7.85. The van der Waals surface area contributed by atoms with Crippen molar-refractivity contribution in [2.24, 2.45) is 0 Å². The second-order valence-electron chi connectivity index (χ2n) is 5.64. The third-order valence-corrected chi connectivity index (χ3v) is 4.82. The van der Waals surface area contributed by atoms with Crippen LogP contribution in [0.25, 0.3) is 6.08 Å². The second kappa shape index (κ2) is 7.62. The Kier molecular flexibility index (Phi) is 5.30. The molecule has 3 nitrogen and oxygen atoms in total. The van der Waals surface area contributed by atoms with Crippen LogP contribution in [-0.4, -0.2) is 37.0 Å². The summed E-state index contributed by atoms with van der Waals surface area (Å²) in [5.41, 5.74) is 1.98. The molecule has 5 heteroatoms. The lowest BCUT2D eigenvalue weighted by Gasteiger charge is -2.35. The fraction of sp³-hybridized carbons (Fsp3) is 0.211. The molecule has 0 aromatic heterocycles. The number of rotatable bonds is 3.